The summed E-state index contributed by atoms with van der Waals surface area (Å²) in [5.41, 5.74) is 1.19. The fourth-order valence-corrected chi connectivity index (χ4v) is 3.23. The molecule has 1 aromatic rings. The van der Waals surface area contributed by atoms with Crippen LogP contribution in [0.2, 0.25) is 0 Å². The van der Waals surface area contributed by atoms with Crippen molar-refractivity contribution in [2.45, 2.75) is 26.9 Å². The third-order valence-corrected chi connectivity index (χ3v) is 4.26. The van der Waals surface area contributed by atoms with Crippen molar-refractivity contribution in [2.75, 3.05) is 13.2 Å². The highest BCUT2D eigenvalue weighted by Gasteiger charge is 2.25. The summed E-state index contributed by atoms with van der Waals surface area (Å²) in [6.45, 7) is 5.83. The lowest BCUT2D eigenvalue weighted by atomic mass is 10.2. The van der Waals surface area contributed by atoms with Crippen LogP contribution < -0.4 is 0 Å². The van der Waals surface area contributed by atoms with Crippen LogP contribution in [0.15, 0.2) is 18.2 Å². The Kier molecular flexibility index (Phi) is 5.31. The second-order valence-electron chi connectivity index (χ2n) is 3.70. The van der Waals surface area contributed by atoms with E-state index in [1.807, 2.05) is 0 Å². The van der Waals surface area contributed by atoms with E-state index in [2.05, 4.69) is 0 Å². The van der Waals surface area contributed by atoms with E-state index in [4.69, 9.17) is 9.05 Å². The number of halogens is 1. The third-order valence-electron chi connectivity index (χ3n) is 2.22. The van der Waals surface area contributed by atoms with E-state index in [0.717, 1.165) is 5.56 Å². The predicted molar refractivity (Wildman–Crippen MR) is 65.7 cm³/mol. The molecule has 0 bridgehead atoms. The van der Waals surface area contributed by atoms with Crippen LogP contribution in [0.4, 0.5) is 4.39 Å². The quantitative estimate of drug-likeness (QED) is 0.728. The molecular formula is C12H18FO3P. The lowest BCUT2D eigenvalue weighted by molar-refractivity contribution is 0.219. The largest absolute Gasteiger partial charge is 0.335 e. The van der Waals surface area contributed by atoms with Gasteiger partial charge in [0.05, 0.1) is 19.4 Å². The highest BCUT2D eigenvalue weighted by molar-refractivity contribution is 7.53. The highest BCUT2D eigenvalue weighted by Crippen LogP contribution is 2.51. The van der Waals surface area contributed by atoms with Gasteiger partial charge in [-0.3, -0.25) is 4.57 Å². The van der Waals surface area contributed by atoms with Crippen LogP contribution in [0.5, 0.6) is 0 Å². The molecule has 0 saturated heterocycles. The van der Waals surface area contributed by atoms with Gasteiger partial charge in [0.1, 0.15) is 5.82 Å². The van der Waals surface area contributed by atoms with E-state index in [1.165, 1.54) is 6.07 Å². The van der Waals surface area contributed by atoms with E-state index in [-0.39, 0.29) is 25.2 Å². The van der Waals surface area contributed by atoms with Crippen LogP contribution in [0, 0.1) is 12.7 Å². The molecule has 0 amide bonds. The molecule has 0 atom stereocenters. The molecule has 0 saturated carbocycles. The molecule has 17 heavy (non-hydrogen) atoms. The first-order chi connectivity index (χ1) is 8.00. The van der Waals surface area contributed by atoms with Crippen molar-refractivity contribution in [3.8, 4) is 0 Å². The number of rotatable bonds is 6. The minimum absolute atomic E-state index is 0.0270. The van der Waals surface area contributed by atoms with Crippen molar-refractivity contribution in [2.24, 2.45) is 0 Å². The van der Waals surface area contributed by atoms with Crippen molar-refractivity contribution in [1.82, 2.24) is 0 Å². The molecule has 0 aliphatic heterocycles. The van der Waals surface area contributed by atoms with Crippen molar-refractivity contribution < 1.29 is 18.0 Å². The summed E-state index contributed by atoms with van der Waals surface area (Å²) in [7, 11) is -3.22. The summed E-state index contributed by atoms with van der Waals surface area (Å²) in [5.74, 6) is -0.371. The van der Waals surface area contributed by atoms with Gasteiger partial charge in [0, 0.05) is 0 Å². The Hall–Kier alpha value is -0.700. The van der Waals surface area contributed by atoms with Crippen LogP contribution in [-0.2, 0) is 19.8 Å². The van der Waals surface area contributed by atoms with E-state index in [9.17, 15) is 8.96 Å². The first-order valence-corrected chi connectivity index (χ1v) is 7.36. The van der Waals surface area contributed by atoms with Gasteiger partial charge in [0.2, 0.25) is 0 Å². The van der Waals surface area contributed by atoms with Crippen molar-refractivity contribution in [1.29, 1.82) is 0 Å². The lowest BCUT2D eigenvalue weighted by Gasteiger charge is -2.17. The van der Waals surface area contributed by atoms with Gasteiger partial charge < -0.3 is 9.05 Å². The predicted octanol–water partition coefficient (Wildman–Crippen LogP) is 3.90. The molecule has 0 unspecified atom stereocenters. The fourth-order valence-electron chi connectivity index (χ4n) is 1.51. The molecule has 0 fully saturated rings. The SMILES string of the molecule is CCOP(=O)(Cc1ccc(C)cc1F)OCC. The topological polar surface area (TPSA) is 35.5 Å². The molecule has 5 heteroatoms. The van der Waals surface area contributed by atoms with Crippen LogP contribution in [0.3, 0.4) is 0 Å². The van der Waals surface area contributed by atoms with Gasteiger partial charge in [-0.05, 0) is 38.0 Å². The van der Waals surface area contributed by atoms with E-state index in [1.54, 1.807) is 32.9 Å². The fraction of sp³-hybridized carbons (Fsp3) is 0.500. The van der Waals surface area contributed by atoms with Gasteiger partial charge in [-0.1, -0.05) is 12.1 Å². The van der Waals surface area contributed by atoms with E-state index < -0.39 is 7.60 Å². The Morgan fingerprint density at radius 3 is 2.29 bits per heavy atom. The summed E-state index contributed by atoms with van der Waals surface area (Å²) in [6, 6.07) is 4.81. The van der Waals surface area contributed by atoms with Gasteiger partial charge in [0.15, 0.2) is 0 Å². The zero-order valence-corrected chi connectivity index (χ0v) is 11.3. The normalized spacial score (nSPS) is 11.8. The van der Waals surface area contributed by atoms with Crippen LogP contribution in [0.25, 0.3) is 0 Å². The maximum Gasteiger partial charge on any atom is 0.335 e. The number of hydrogen-bond donors (Lipinski definition) is 0. The Morgan fingerprint density at radius 1 is 1.24 bits per heavy atom. The number of benzene rings is 1. The lowest BCUT2D eigenvalue weighted by Crippen LogP contribution is -2.01. The summed E-state index contributed by atoms with van der Waals surface area (Å²) < 4.78 is 36.1. The summed E-state index contributed by atoms with van der Waals surface area (Å²) >= 11 is 0. The minimum atomic E-state index is -3.22. The monoisotopic (exact) mass is 260 g/mol. The Labute approximate surface area is 101 Å². The Bertz CT molecular complexity index is 410. The average molecular weight is 260 g/mol. The van der Waals surface area contributed by atoms with E-state index >= 15 is 0 Å². The van der Waals surface area contributed by atoms with Crippen LogP contribution in [-0.4, -0.2) is 13.2 Å². The summed E-state index contributed by atoms with van der Waals surface area (Å²) in [6.07, 6.45) is -0.0270. The first kappa shape index (κ1) is 14.4. The van der Waals surface area contributed by atoms with Crippen molar-refractivity contribution in [3.63, 3.8) is 0 Å². The zero-order chi connectivity index (χ0) is 12.9. The highest BCUT2D eigenvalue weighted by atomic mass is 31.2. The molecule has 0 aliphatic rings. The number of aryl methyl sites for hydroxylation is 1. The second-order valence-corrected chi connectivity index (χ2v) is 5.75. The molecule has 0 heterocycles. The van der Waals surface area contributed by atoms with Crippen molar-refractivity contribution in [3.05, 3.63) is 35.1 Å². The maximum atomic E-state index is 13.6. The molecule has 96 valence electrons. The molecule has 0 radical (unpaired) electrons. The Balaban J connectivity index is 2.89. The minimum Gasteiger partial charge on any atom is -0.309 e. The molecule has 1 rings (SSSR count). The molecule has 0 N–H and O–H groups in total. The Morgan fingerprint density at radius 2 is 1.82 bits per heavy atom. The molecule has 0 aliphatic carbocycles. The second kappa shape index (κ2) is 6.29. The van der Waals surface area contributed by atoms with Gasteiger partial charge in [-0.2, -0.15) is 0 Å². The summed E-state index contributed by atoms with van der Waals surface area (Å²) in [5, 5.41) is 0. The van der Waals surface area contributed by atoms with Gasteiger partial charge in [-0.15, -0.1) is 0 Å². The van der Waals surface area contributed by atoms with Gasteiger partial charge in [-0.25, -0.2) is 4.39 Å². The van der Waals surface area contributed by atoms with Crippen molar-refractivity contribution >= 4 is 7.60 Å². The molecular weight excluding hydrogens is 242 g/mol. The third kappa shape index (κ3) is 4.23. The molecule has 0 aromatic heterocycles. The van der Waals surface area contributed by atoms with Crippen LogP contribution >= 0.6 is 7.60 Å². The molecule has 3 nitrogen and oxygen atoms in total. The zero-order valence-electron chi connectivity index (χ0n) is 10.4. The first-order valence-electron chi connectivity index (χ1n) is 5.64. The average Bonchev–Trinajstić information content (AvgIpc) is 2.23. The summed E-state index contributed by atoms with van der Waals surface area (Å²) in [4.78, 5) is 0. The van der Waals surface area contributed by atoms with Crippen LogP contribution in [0.1, 0.15) is 25.0 Å². The van der Waals surface area contributed by atoms with E-state index in [0.29, 0.717) is 5.56 Å². The smallest absolute Gasteiger partial charge is 0.309 e. The van der Waals surface area contributed by atoms with Gasteiger partial charge in [0.25, 0.3) is 0 Å². The molecule has 0 spiro atoms. The maximum absolute atomic E-state index is 13.6. The molecule has 1 aromatic carbocycles. The number of hydrogen-bond acceptors (Lipinski definition) is 3. The van der Waals surface area contributed by atoms with Gasteiger partial charge >= 0.3 is 7.60 Å². The standard InChI is InChI=1S/C12H18FO3P/c1-4-15-17(14,16-5-2)9-11-7-6-10(3)8-12(11)13/h6-8H,4-5,9H2,1-3H3.